The fraction of sp³-hybridized carbons (Fsp3) is 0.600. The molecule has 2 aliphatic carbocycles. The number of amides is 1. The van der Waals surface area contributed by atoms with Gasteiger partial charge in [-0.05, 0) is 55.7 Å². The molecule has 0 spiro atoms. The van der Waals surface area contributed by atoms with Crippen LogP contribution in [0.15, 0.2) is 24.5 Å². The van der Waals surface area contributed by atoms with Crippen LogP contribution >= 0.6 is 0 Å². The molecular weight excluding hydrogens is 224 g/mol. The maximum absolute atomic E-state index is 12.5. The zero-order valence-corrected chi connectivity index (χ0v) is 10.9. The summed E-state index contributed by atoms with van der Waals surface area (Å²) in [7, 11) is 0. The Morgan fingerprint density at radius 2 is 1.94 bits per heavy atom. The minimum absolute atomic E-state index is 0.301. The van der Waals surface area contributed by atoms with Gasteiger partial charge in [-0.25, -0.2) is 0 Å². The molecule has 3 nitrogen and oxygen atoms in total. The van der Waals surface area contributed by atoms with Crippen LogP contribution in [0.2, 0.25) is 0 Å². The molecule has 0 N–H and O–H groups in total. The van der Waals surface area contributed by atoms with E-state index >= 15 is 0 Å². The van der Waals surface area contributed by atoms with Crippen molar-refractivity contribution in [2.45, 2.75) is 32.7 Å². The average molecular weight is 244 g/mol. The molecule has 1 heterocycles. The predicted octanol–water partition coefficient (Wildman–Crippen LogP) is 2.48. The van der Waals surface area contributed by atoms with Crippen LogP contribution in [-0.4, -0.2) is 22.3 Å². The largest absolute Gasteiger partial charge is 0.338 e. The van der Waals surface area contributed by atoms with E-state index in [2.05, 4.69) is 11.9 Å². The number of fused-ring (bicyclic) bond motifs is 1. The summed E-state index contributed by atoms with van der Waals surface area (Å²) in [6, 6.07) is 3.98. The van der Waals surface area contributed by atoms with Gasteiger partial charge in [0, 0.05) is 31.4 Å². The Balaban J connectivity index is 1.63. The fourth-order valence-electron chi connectivity index (χ4n) is 3.23. The predicted molar refractivity (Wildman–Crippen MR) is 69.6 cm³/mol. The number of carbonyl (C=O) groups excluding carboxylic acids is 1. The second-order valence-electron chi connectivity index (χ2n) is 5.63. The van der Waals surface area contributed by atoms with Gasteiger partial charge in [0.15, 0.2) is 0 Å². The lowest BCUT2D eigenvalue weighted by Crippen LogP contribution is -2.35. The van der Waals surface area contributed by atoms with Crippen molar-refractivity contribution in [3.63, 3.8) is 0 Å². The monoisotopic (exact) mass is 244 g/mol. The summed E-state index contributed by atoms with van der Waals surface area (Å²) >= 11 is 0. The Hall–Kier alpha value is -1.38. The molecule has 1 amide bonds. The third kappa shape index (κ3) is 2.26. The highest BCUT2D eigenvalue weighted by Gasteiger charge is 2.48. The van der Waals surface area contributed by atoms with Crippen LogP contribution in [-0.2, 0) is 11.3 Å². The highest BCUT2D eigenvalue weighted by molar-refractivity contribution is 5.79. The number of nitrogens with zero attached hydrogens (tertiary/aromatic N) is 2. The minimum atomic E-state index is 0.301. The lowest BCUT2D eigenvalue weighted by molar-refractivity contribution is -0.136. The van der Waals surface area contributed by atoms with Crippen molar-refractivity contribution in [3.8, 4) is 0 Å². The number of hydrogen-bond acceptors (Lipinski definition) is 2. The molecule has 3 heteroatoms. The summed E-state index contributed by atoms with van der Waals surface area (Å²) in [6.45, 7) is 3.59. The Morgan fingerprint density at radius 3 is 2.56 bits per heavy atom. The third-order valence-electron chi connectivity index (χ3n) is 4.41. The van der Waals surface area contributed by atoms with Crippen LogP contribution in [0.4, 0.5) is 0 Å². The Morgan fingerprint density at radius 1 is 1.28 bits per heavy atom. The molecule has 1 aromatic heterocycles. The highest BCUT2D eigenvalue weighted by Crippen LogP contribution is 2.54. The SMILES string of the molecule is CCN(Cc1ccncc1)C(=O)C1CC2CC2C1. The summed E-state index contributed by atoms with van der Waals surface area (Å²) in [4.78, 5) is 18.5. The zero-order chi connectivity index (χ0) is 12.5. The summed E-state index contributed by atoms with van der Waals surface area (Å²) < 4.78 is 0. The van der Waals surface area contributed by atoms with Crippen LogP contribution < -0.4 is 0 Å². The molecular formula is C15H20N2O. The zero-order valence-electron chi connectivity index (χ0n) is 10.9. The van der Waals surface area contributed by atoms with Crippen LogP contribution in [0.1, 0.15) is 31.7 Å². The van der Waals surface area contributed by atoms with E-state index in [-0.39, 0.29) is 0 Å². The van der Waals surface area contributed by atoms with E-state index in [4.69, 9.17) is 0 Å². The normalized spacial score (nSPS) is 28.8. The maximum atomic E-state index is 12.5. The first-order chi connectivity index (χ1) is 8.78. The molecule has 3 rings (SSSR count). The van der Waals surface area contributed by atoms with Crippen molar-refractivity contribution in [2.24, 2.45) is 17.8 Å². The molecule has 2 unspecified atom stereocenters. The number of aromatic nitrogens is 1. The molecule has 0 radical (unpaired) electrons. The average Bonchev–Trinajstić information content (AvgIpc) is 3.03. The van der Waals surface area contributed by atoms with Gasteiger partial charge in [-0.2, -0.15) is 0 Å². The van der Waals surface area contributed by atoms with E-state index in [0.29, 0.717) is 11.8 Å². The number of hydrogen-bond donors (Lipinski definition) is 0. The number of pyridine rings is 1. The standard InChI is InChI=1S/C15H20N2O/c1-2-17(10-11-3-5-16-6-4-11)15(18)14-8-12-7-13(12)9-14/h3-6,12-14H,2,7-10H2,1H3. The second-order valence-corrected chi connectivity index (χ2v) is 5.63. The van der Waals surface area contributed by atoms with Gasteiger partial charge in [0.25, 0.3) is 0 Å². The van der Waals surface area contributed by atoms with Gasteiger partial charge in [-0.15, -0.1) is 0 Å². The lowest BCUT2D eigenvalue weighted by Gasteiger charge is -2.25. The van der Waals surface area contributed by atoms with Gasteiger partial charge in [-0.1, -0.05) is 0 Å². The minimum Gasteiger partial charge on any atom is -0.338 e. The highest BCUT2D eigenvalue weighted by atomic mass is 16.2. The molecule has 1 aromatic rings. The van der Waals surface area contributed by atoms with Crippen molar-refractivity contribution in [1.82, 2.24) is 9.88 Å². The van der Waals surface area contributed by atoms with Crippen LogP contribution in [0.3, 0.4) is 0 Å². The van der Waals surface area contributed by atoms with E-state index in [9.17, 15) is 4.79 Å². The number of rotatable bonds is 4. The molecule has 0 aromatic carbocycles. The quantitative estimate of drug-likeness (QED) is 0.815. The first-order valence-electron chi connectivity index (χ1n) is 6.95. The molecule has 2 saturated carbocycles. The van der Waals surface area contributed by atoms with Gasteiger partial charge < -0.3 is 4.90 Å². The van der Waals surface area contributed by atoms with Crippen molar-refractivity contribution in [3.05, 3.63) is 30.1 Å². The van der Waals surface area contributed by atoms with Crippen molar-refractivity contribution in [2.75, 3.05) is 6.54 Å². The third-order valence-corrected chi connectivity index (χ3v) is 4.41. The molecule has 0 bridgehead atoms. The van der Waals surface area contributed by atoms with Gasteiger partial charge in [0.2, 0.25) is 5.91 Å². The van der Waals surface area contributed by atoms with E-state index < -0.39 is 0 Å². The van der Waals surface area contributed by atoms with Gasteiger partial charge >= 0.3 is 0 Å². The van der Waals surface area contributed by atoms with Crippen molar-refractivity contribution >= 4 is 5.91 Å². The first-order valence-corrected chi connectivity index (χ1v) is 6.95. The van der Waals surface area contributed by atoms with E-state index in [0.717, 1.165) is 37.8 Å². The summed E-state index contributed by atoms with van der Waals surface area (Å²) in [5.41, 5.74) is 1.17. The van der Waals surface area contributed by atoms with E-state index in [1.807, 2.05) is 17.0 Å². The van der Waals surface area contributed by atoms with Gasteiger partial charge in [0.05, 0.1) is 0 Å². The molecule has 96 valence electrons. The van der Waals surface area contributed by atoms with E-state index in [1.165, 1.54) is 12.0 Å². The van der Waals surface area contributed by atoms with Gasteiger partial charge in [0.1, 0.15) is 0 Å². The number of carbonyl (C=O) groups is 1. The fourth-order valence-corrected chi connectivity index (χ4v) is 3.23. The Kier molecular flexibility index (Phi) is 3.06. The molecule has 2 aliphatic rings. The second kappa shape index (κ2) is 4.71. The summed E-state index contributed by atoms with van der Waals surface area (Å²) in [5.74, 6) is 2.41. The summed E-state index contributed by atoms with van der Waals surface area (Å²) in [5, 5.41) is 0. The maximum Gasteiger partial charge on any atom is 0.225 e. The van der Waals surface area contributed by atoms with E-state index in [1.54, 1.807) is 12.4 Å². The topological polar surface area (TPSA) is 33.2 Å². The lowest BCUT2D eigenvalue weighted by atomic mass is 10.0. The Bertz CT molecular complexity index is 421. The van der Waals surface area contributed by atoms with Crippen molar-refractivity contribution < 1.29 is 4.79 Å². The molecule has 0 saturated heterocycles. The first kappa shape index (κ1) is 11.7. The van der Waals surface area contributed by atoms with Crippen LogP contribution in [0, 0.1) is 17.8 Å². The molecule has 18 heavy (non-hydrogen) atoms. The smallest absolute Gasteiger partial charge is 0.225 e. The molecule has 2 fully saturated rings. The summed E-state index contributed by atoms with van der Waals surface area (Å²) in [6.07, 6.45) is 7.23. The van der Waals surface area contributed by atoms with Crippen LogP contribution in [0.5, 0.6) is 0 Å². The van der Waals surface area contributed by atoms with Crippen molar-refractivity contribution in [1.29, 1.82) is 0 Å². The van der Waals surface area contributed by atoms with Gasteiger partial charge in [-0.3, -0.25) is 9.78 Å². The Labute approximate surface area is 108 Å². The van der Waals surface area contributed by atoms with Crippen LogP contribution in [0.25, 0.3) is 0 Å². The molecule has 2 atom stereocenters. The molecule has 0 aliphatic heterocycles.